The molecule has 0 radical (unpaired) electrons. The lowest BCUT2D eigenvalue weighted by Crippen LogP contribution is -2.26. The van der Waals surface area contributed by atoms with Gasteiger partial charge in [0.2, 0.25) is 0 Å². The Morgan fingerprint density at radius 3 is 2.32 bits per heavy atom. The highest BCUT2D eigenvalue weighted by Crippen LogP contribution is 2.26. The highest BCUT2D eigenvalue weighted by atomic mass is 32.2. The highest BCUT2D eigenvalue weighted by Gasteiger charge is 2.21. The molecule has 0 unspecified atom stereocenters. The van der Waals surface area contributed by atoms with E-state index < -0.39 is 10.0 Å². The Morgan fingerprint density at radius 1 is 0.974 bits per heavy atom. The molecule has 0 spiro atoms. The van der Waals surface area contributed by atoms with Gasteiger partial charge < -0.3 is 15.4 Å². The van der Waals surface area contributed by atoms with Crippen molar-refractivity contribution in [2.75, 3.05) is 22.0 Å². The largest absolute Gasteiger partial charge is 0.494 e. The van der Waals surface area contributed by atoms with E-state index in [0.717, 1.165) is 5.56 Å². The number of nitrogens with zero attached hydrogens (tertiary/aromatic N) is 2. The third kappa shape index (κ3) is 5.74. The molecule has 0 aliphatic rings. The first kappa shape index (κ1) is 27.0. The summed E-state index contributed by atoms with van der Waals surface area (Å²) in [6.45, 7) is 5.99. The van der Waals surface area contributed by atoms with Crippen LogP contribution in [0.2, 0.25) is 0 Å². The van der Waals surface area contributed by atoms with Crippen LogP contribution in [-0.4, -0.2) is 29.5 Å². The number of hydrogen-bond donors (Lipinski definition) is 3. The van der Waals surface area contributed by atoms with Crippen molar-refractivity contribution in [1.29, 1.82) is 0 Å². The molecule has 4 aromatic rings. The molecule has 198 valence electrons. The van der Waals surface area contributed by atoms with E-state index in [1.807, 2.05) is 37.3 Å². The van der Waals surface area contributed by atoms with Crippen LogP contribution < -0.4 is 25.7 Å². The molecule has 1 aromatic heterocycles. The maximum Gasteiger partial charge on any atom is 0.295 e. The molecule has 0 aliphatic heterocycles. The van der Waals surface area contributed by atoms with Gasteiger partial charge in [-0.3, -0.25) is 14.2 Å². The summed E-state index contributed by atoms with van der Waals surface area (Å²) in [6, 6.07) is 20.9. The van der Waals surface area contributed by atoms with Crippen LogP contribution in [0.4, 0.5) is 17.1 Å². The summed E-state index contributed by atoms with van der Waals surface area (Å²) in [5.41, 5.74) is 2.80. The van der Waals surface area contributed by atoms with Crippen LogP contribution in [0.5, 0.6) is 5.75 Å². The van der Waals surface area contributed by atoms with Gasteiger partial charge in [-0.05, 0) is 87.1 Å². The van der Waals surface area contributed by atoms with E-state index >= 15 is 0 Å². The number of anilines is 3. The van der Waals surface area contributed by atoms with Crippen molar-refractivity contribution in [3.63, 3.8) is 0 Å². The molecule has 3 N–H and O–H groups in total. The molecule has 38 heavy (non-hydrogen) atoms. The number of ether oxygens (including phenoxy) is 1. The van der Waals surface area contributed by atoms with Gasteiger partial charge in [-0.15, -0.1) is 0 Å². The molecule has 9 nitrogen and oxygen atoms in total. The van der Waals surface area contributed by atoms with Crippen LogP contribution in [0.25, 0.3) is 5.69 Å². The second-order valence-electron chi connectivity index (χ2n) is 8.58. The molecule has 11 heteroatoms. The minimum Gasteiger partial charge on any atom is -0.494 e. The van der Waals surface area contributed by atoms with Gasteiger partial charge in [-0.25, -0.2) is 13.1 Å². The zero-order valence-corrected chi connectivity index (χ0v) is 23.1. The van der Waals surface area contributed by atoms with E-state index in [-0.39, 0.29) is 26.9 Å². The van der Waals surface area contributed by atoms with Gasteiger partial charge in [0.05, 0.1) is 23.7 Å². The average Bonchev–Trinajstić information content (AvgIpc) is 3.09. The monoisotopic (exact) mass is 551 g/mol. The zero-order valence-electron chi connectivity index (χ0n) is 21.5. The van der Waals surface area contributed by atoms with E-state index in [1.165, 1.54) is 4.68 Å². The minimum atomic E-state index is -3.98. The number of hydrogen-bond acceptors (Lipinski definition) is 5. The molecule has 0 amide bonds. The quantitative estimate of drug-likeness (QED) is 0.270. The van der Waals surface area contributed by atoms with Crippen molar-refractivity contribution in [3.05, 3.63) is 94.4 Å². The molecule has 4 rings (SSSR count). The molecular formula is C27H29N5O4S2. The molecular weight excluding hydrogens is 522 g/mol. The summed E-state index contributed by atoms with van der Waals surface area (Å²) in [6.07, 6.45) is 0. The molecule has 3 aromatic carbocycles. The lowest BCUT2D eigenvalue weighted by Gasteiger charge is -2.16. The topological polar surface area (TPSA) is 106 Å². The number of nitrogens with one attached hydrogen (secondary N) is 3. The van der Waals surface area contributed by atoms with Crippen LogP contribution in [0.1, 0.15) is 18.2 Å². The Labute approximate surface area is 227 Å². The maximum atomic E-state index is 13.3. The second kappa shape index (κ2) is 11.1. The summed E-state index contributed by atoms with van der Waals surface area (Å²) < 4.78 is 37.9. The Kier molecular flexibility index (Phi) is 7.88. The number of benzene rings is 3. The van der Waals surface area contributed by atoms with Gasteiger partial charge >= 0.3 is 0 Å². The van der Waals surface area contributed by atoms with Crippen LogP contribution in [0, 0.1) is 13.8 Å². The van der Waals surface area contributed by atoms with Gasteiger partial charge in [-0.1, -0.05) is 24.3 Å². The SMILES string of the molecule is CCOc1ccc(NS(=O)(=O)c2cc(C)ccc2NC(=S)Nc2c(C)n(C)n(-c3ccccc3)c2=O)cc1. The first-order chi connectivity index (χ1) is 18.1. The number of rotatable bonds is 8. The van der Waals surface area contributed by atoms with Crippen LogP contribution in [-0.2, 0) is 17.1 Å². The number of thiocarbonyl (C=S) groups is 1. The van der Waals surface area contributed by atoms with E-state index in [2.05, 4.69) is 15.4 Å². The van der Waals surface area contributed by atoms with Crippen molar-refractivity contribution < 1.29 is 13.2 Å². The molecule has 0 saturated heterocycles. The summed E-state index contributed by atoms with van der Waals surface area (Å²) >= 11 is 5.48. The fourth-order valence-electron chi connectivity index (χ4n) is 3.93. The third-order valence-corrected chi connectivity index (χ3v) is 7.51. The maximum absolute atomic E-state index is 13.3. The molecule has 1 heterocycles. The number of sulfonamides is 1. The van der Waals surface area contributed by atoms with Gasteiger partial charge in [0.25, 0.3) is 15.6 Å². The van der Waals surface area contributed by atoms with Crippen molar-refractivity contribution >= 4 is 44.4 Å². The normalized spacial score (nSPS) is 11.2. The fraction of sp³-hybridized carbons (Fsp3) is 0.185. The van der Waals surface area contributed by atoms with Crippen LogP contribution in [0.15, 0.2) is 82.5 Å². The molecule has 0 bridgehead atoms. The summed E-state index contributed by atoms with van der Waals surface area (Å²) in [5.74, 6) is 0.646. The Balaban J connectivity index is 1.59. The fourth-order valence-corrected chi connectivity index (χ4v) is 5.45. The molecule has 0 aliphatic carbocycles. The Hall–Kier alpha value is -4.09. The third-order valence-electron chi connectivity index (χ3n) is 5.89. The average molecular weight is 552 g/mol. The summed E-state index contributed by atoms with van der Waals surface area (Å²) in [5, 5.41) is 5.99. The van der Waals surface area contributed by atoms with Crippen molar-refractivity contribution in [1.82, 2.24) is 9.36 Å². The van der Waals surface area contributed by atoms with Gasteiger partial charge in [0.1, 0.15) is 16.3 Å². The van der Waals surface area contributed by atoms with Gasteiger partial charge in [-0.2, -0.15) is 0 Å². The predicted octanol–water partition coefficient (Wildman–Crippen LogP) is 4.80. The van der Waals surface area contributed by atoms with E-state index in [4.69, 9.17) is 17.0 Å². The number of para-hydroxylation sites is 1. The predicted molar refractivity (Wildman–Crippen MR) is 155 cm³/mol. The van der Waals surface area contributed by atoms with Gasteiger partial charge in [0, 0.05) is 12.7 Å². The molecule has 0 saturated carbocycles. The van der Waals surface area contributed by atoms with E-state index in [1.54, 1.807) is 68.0 Å². The van der Waals surface area contributed by atoms with Crippen LogP contribution in [0.3, 0.4) is 0 Å². The summed E-state index contributed by atoms with van der Waals surface area (Å²) in [4.78, 5) is 13.2. The molecule has 0 fully saturated rings. The lowest BCUT2D eigenvalue weighted by molar-refractivity contribution is 0.340. The smallest absolute Gasteiger partial charge is 0.295 e. The number of aryl methyl sites for hydroxylation is 1. The van der Waals surface area contributed by atoms with Crippen molar-refractivity contribution in [2.24, 2.45) is 7.05 Å². The zero-order chi connectivity index (χ0) is 27.4. The first-order valence-electron chi connectivity index (χ1n) is 11.9. The second-order valence-corrected chi connectivity index (χ2v) is 10.6. The van der Waals surface area contributed by atoms with Crippen molar-refractivity contribution in [3.8, 4) is 11.4 Å². The van der Waals surface area contributed by atoms with E-state index in [9.17, 15) is 13.2 Å². The number of aromatic nitrogens is 2. The first-order valence-corrected chi connectivity index (χ1v) is 13.8. The Morgan fingerprint density at radius 2 is 1.66 bits per heavy atom. The van der Waals surface area contributed by atoms with Gasteiger partial charge in [0.15, 0.2) is 5.11 Å². The van der Waals surface area contributed by atoms with Crippen molar-refractivity contribution in [2.45, 2.75) is 25.7 Å². The van der Waals surface area contributed by atoms with E-state index in [0.29, 0.717) is 29.4 Å². The molecule has 0 atom stereocenters. The highest BCUT2D eigenvalue weighted by molar-refractivity contribution is 7.93. The summed E-state index contributed by atoms with van der Waals surface area (Å²) in [7, 11) is -2.20. The standard InChI is InChI=1S/C27H29N5O4S2/c1-5-36-22-14-12-20(13-15-22)30-38(34,35)24-17-18(2)11-16-23(24)28-27(37)29-25-19(3)31(4)32(26(25)33)21-9-7-6-8-10-21/h6-17,30H,5H2,1-4H3,(H2,28,29,37). The Bertz CT molecular complexity index is 1630. The minimum absolute atomic E-state index is 0.0158. The van der Waals surface area contributed by atoms with Crippen LogP contribution >= 0.6 is 12.2 Å². The lowest BCUT2D eigenvalue weighted by atomic mass is 10.2.